The number of nitrogen functional groups attached to an aromatic ring is 1. The molecule has 4 rings (SSSR count). The molecule has 180 valence electrons. The van der Waals surface area contributed by atoms with E-state index >= 15 is 0 Å². The predicted octanol–water partition coefficient (Wildman–Crippen LogP) is 5.60. The first kappa shape index (κ1) is 24.0. The highest BCUT2D eigenvalue weighted by Gasteiger charge is 2.31. The summed E-state index contributed by atoms with van der Waals surface area (Å²) in [4.78, 5) is 8.84. The van der Waals surface area contributed by atoms with E-state index in [2.05, 4.69) is 38.8 Å². The predicted molar refractivity (Wildman–Crippen MR) is 133 cm³/mol. The molecule has 2 aliphatic rings. The average Bonchev–Trinajstić information content (AvgIpc) is 3.28. The summed E-state index contributed by atoms with van der Waals surface area (Å²) in [5, 5.41) is 6.78. The number of hydrogen-bond acceptors (Lipinski definition) is 3. The van der Waals surface area contributed by atoms with Crippen LogP contribution >= 0.6 is 0 Å². The van der Waals surface area contributed by atoms with Crippen LogP contribution in [0.1, 0.15) is 54.5 Å². The average molecular weight is 470 g/mol. The molecule has 0 saturated carbocycles. The molecule has 2 aromatic carbocycles. The number of benzene rings is 2. The van der Waals surface area contributed by atoms with Crippen LogP contribution in [0.2, 0.25) is 0 Å². The molecular formula is C26H30F3N5. The molecule has 5 nitrogen and oxygen atoms in total. The van der Waals surface area contributed by atoms with Gasteiger partial charge in [-0.05, 0) is 98.2 Å². The van der Waals surface area contributed by atoms with Gasteiger partial charge in [-0.15, -0.1) is 0 Å². The normalized spacial score (nSPS) is 16.9. The Balaban J connectivity index is 1.48. The van der Waals surface area contributed by atoms with Crippen molar-refractivity contribution in [2.24, 2.45) is 9.98 Å². The first-order chi connectivity index (χ1) is 16.2. The van der Waals surface area contributed by atoms with Crippen molar-refractivity contribution in [2.45, 2.75) is 52.3 Å². The van der Waals surface area contributed by atoms with Gasteiger partial charge in [0.05, 0.1) is 12.1 Å². The number of rotatable bonds is 4. The number of nitrogens with zero attached hydrogens (tertiary/aromatic N) is 2. The number of amidine groups is 2. The van der Waals surface area contributed by atoms with Crippen LogP contribution in [0.4, 0.5) is 24.5 Å². The van der Waals surface area contributed by atoms with Crippen molar-refractivity contribution in [3.63, 3.8) is 0 Å². The van der Waals surface area contributed by atoms with Gasteiger partial charge in [-0.25, -0.2) is 4.99 Å². The minimum Gasteiger partial charge on any atom is -0.399 e. The second-order valence-corrected chi connectivity index (χ2v) is 8.80. The van der Waals surface area contributed by atoms with Gasteiger partial charge in [0.25, 0.3) is 0 Å². The maximum absolute atomic E-state index is 13.0. The van der Waals surface area contributed by atoms with Gasteiger partial charge in [0.1, 0.15) is 11.7 Å². The van der Waals surface area contributed by atoms with Gasteiger partial charge >= 0.3 is 6.18 Å². The van der Waals surface area contributed by atoms with Gasteiger partial charge < -0.3 is 16.4 Å². The third kappa shape index (κ3) is 5.67. The molecule has 0 unspecified atom stereocenters. The fourth-order valence-electron chi connectivity index (χ4n) is 4.67. The number of nitrogens with two attached hydrogens (primary N) is 1. The molecule has 1 aliphatic heterocycles. The molecule has 0 spiro atoms. The van der Waals surface area contributed by atoms with Gasteiger partial charge in [0.15, 0.2) is 0 Å². The number of hydrogen-bond donors (Lipinski definition) is 3. The Morgan fingerprint density at radius 2 is 1.88 bits per heavy atom. The molecular weight excluding hydrogens is 439 g/mol. The summed E-state index contributed by atoms with van der Waals surface area (Å²) in [5.74, 6) is 1.17. The van der Waals surface area contributed by atoms with E-state index in [1.54, 1.807) is 6.92 Å². The summed E-state index contributed by atoms with van der Waals surface area (Å²) in [7, 11) is 0. The van der Waals surface area contributed by atoms with Crippen molar-refractivity contribution >= 4 is 28.6 Å². The molecule has 0 atom stereocenters. The van der Waals surface area contributed by atoms with E-state index in [0.717, 1.165) is 56.6 Å². The molecule has 8 heteroatoms. The molecule has 1 aliphatic carbocycles. The standard InChI is InChI=1S/C26H30F3N5/c1-16(32-15-18-12-20(26(27,28)29)14-21(30)13-18)33-17(2)34-25-7-6-22(19-8-10-31-11-9-19)23-4-3-5-24(23)25/h6-8,12-14,31H,3-5,9-11,15,30H2,1-2H3,(H,32,33,34). The molecule has 0 radical (unpaired) electrons. The lowest BCUT2D eigenvalue weighted by molar-refractivity contribution is -0.137. The Hall–Kier alpha value is -3.13. The highest BCUT2D eigenvalue weighted by molar-refractivity contribution is 6.02. The minimum atomic E-state index is -4.44. The largest absolute Gasteiger partial charge is 0.416 e. The van der Waals surface area contributed by atoms with Crippen LogP contribution in [0.3, 0.4) is 0 Å². The van der Waals surface area contributed by atoms with Crippen LogP contribution in [0.5, 0.6) is 0 Å². The van der Waals surface area contributed by atoms with E-state index in [4.69, 9.17) is 5.73 Å². The SMILES string of the molecule is CC(=NCc1cc(N)cc(C(F)(F)F)c1)N=C(C)Nc1ccc(C2=CCNCC2)c2c1CCC2. The number of anilines is 2. The quantitative estimate of drug-likeness (QED) is 0.310. The second-order valence-electron chi connectivity index (χ2n) is 8.80. The lowest BCUT2D eigenvalue weighted by Gasteiger charge is -2.19. The van der Waals surface area contributed by atoms with Gasteiger partial charge in [-0.2, -0.15) is 13.2 Å². The van der Waals surface area contributed by atoms with Gasteiger partial charge in [-0.3, -0.25) is 4.99 Å². The minimum absolute atomic E-state index is 0.0663. The van der Waals surface area contributed by atoms with Crippen molar-refractivity contribution < 1.29 is 13.2 Å². The first-order valence-electron chi connectivity index (χ1n) is 11.6. The van der Waals surface area contributed by atoms with E-state index in [0.29, 0.717) is 17.2 Å². The van der Waals surface area contributed by atoms with E-state index in [1.807, 2.05) is 6.92 Å². The molecule has 2 aromatic rings. The number of aliphatic imine (C=N–C) groups is 2. The zero-order valence-electron chi connectivity index (χ0n) is 19.5. The Kier molecular flexibility index (Phi) is 7.07. The fraction of sp³-hybridized carbons (Fsp3) is 0.385. The molecule has 0 saturated heterocycles. The van der Waals surface area contributed by atoms with Gasteiger partial charge in [0.2, 0.25) is 0 Å². The second kappa shape index (κ2) is 10.0. The van der Waals surface area contributed by atoms with Crippen LogP contribution in [0, 0.1) is 0 Å². The summed E-state index contributed by atoms with van der Waals surface area (Å²) >= 11 is 0. The van der Waals surface area contributed by atoms with Crippen molar-refractivity contribution in [3.8, 4) is 0 Å². The van der Waals surface area contributed by atoms with Crippen LogP contribution < -0.4 is 16.4 Å². The summed E-state index contributed by atoms with van der Waals surface area (Å²) in [6.45, 7) is 5.61. The lowest BCUT2D eigenvalue weighted by atomic mass is 9.92. The van der Waals surface area contributed by atoms with E-state index in [1.165, 1.54) is 28.3 Å². The highest BCUT2D eigenvalue weighted by Crippen LogP contribution is 2.36. The van der Waals surface area contributed by atoms with Gasteiger partial charge in [-0.1, -0.05) is 12.1 Å². The molecule has 0 bridgehead atoms. The number of alkyl halides is 3. The van der Waals surface area contributed by atoms with Crippen LogP contribution in [0.15, 0.2) is 46.4 Å². The van der Waals surface area contributed by atoms with Crippen molar-refractivity contribution in [1.82, 2.24) is 5.32 Å². The Morgan fingerprint density at radius 3 is 2.62 bits per heavy atom. The zero-order valence-corrected chi connectivity index (χ0v) is 19.5. The lowest BCUT2D eigenvalue weighted by Crippen LogP contribution is -2.20. The number of halogens is 3. The van der Waals surface area contributed by atoms with Crippen molar-refractivity contribution in [2.75, 3.05) is 24.1 Å². The topological polar surface area (TPSA) is 74.8 Å². The van der Waals surface area contributed by atoms with Gasteiger partial charge in [0, 0.05) is 17.9 Å². The highest BCUT2D eigenvalue weighted by atomic mass is 19.4. The third-order valence-corrected chi connectivity index (χ3v) is 6.17. The summed E-state index contributed by atoms with van der Waals surface area (Å²) < 4.78 is 39.1. The monoisotopic (exact) mass is 469 g/mol. The third-order valence-electron chi connectivity index (χ3n) is 6.17. The molecule has 1 heterocycles. The maximum atomic E-state index is 13.0. The molecule has 0 amide bonds. The Labute approximate surface area is 198 Å². The Bertz CT molecular complexity index is 1160. The smallest absolute Gasteiger partial charge is 0.399 e. The summed E-state index contributed by atoms with van der Waals surface area (Å²) in [5.41, 5.74) is 12.0. The van der Waals surface area contributed by atoms with Crippen LogP contribution in [0.25, 0.3) is 5.57 Å². The zero-order chi connectivity index (χ0) is 24.3. The summed E-state index contributed by atoms with van der Waals surface area (Å²) in [6, 6.07) is 7.83. The van der Waals surface area contributed by atoms with Crippen molar-refractivity contribution in [3.05, 3.63) is 64.2 Å². The van der Waals surface area contributed by atoms with E-state index in [-0.39, 0.29) is 12.2 Å². The van der Waals surface area contributed by atoms with E-state index in [9.17, 15) is 13.2 Å². The Morgan fingerprint density at radius 1 is 1.09 bits per heavy atom. The number of nitrogens with one attached hydrogen (secondary N) is 2. The molecule has 0 fully saturated rings. The van der Waals surface area contributed by atoms with E-state index < -0.39 is 11.7 Å². The maximum Gasteiger partial charge on any atom is 0.416 e. The van der Waals surface area contributed by atoms with Crippen LogP contribution in [-0.2, 0) is 25.6 Å². The fourth-order valence-corrected chi connectivity index (χ4v) is 4.67. The molecule has 0 aromatic heterocycles. The van der Waals surface area contributed by atoms with Crippen molar-refractivity contribution in [1.29, 1.82) is 0 Å². The molecule has 34 heavy (non-hydrogen) atoms. The molecule has 4 N–H and O–H groups in total. The number of fused-ring (bicyclic) bond motifs is 1. The first-order valence-corrected chi connectivity index (χ1v) is 11.6. The summed E-state index contributed by atoms with van der Waals surface area (Å²) in [6.07, 6.45) is 2.16. The van der Waals surface area contributed by atoms with Crippen LogP contribution in [-0.4, -0.2) is 24.8 Å².